The molecule has 1 aromatic rings. The van der Waals surface area contributed by atoms with E-state index < -0.39 is 24.7 Å². The normalized spacial score (nSPS) is 11.8. The molecule has 0 aliphatic rings. The summed E-state index contributed by atoms with van der Waals surface area (Å²) in [6.45, 7) is 9.02. The topological polar surface area (TPSA) is 9.23 Å². The van der Waals surface area contributed by atoms with Crippen molar-refractivity contribution in [1.82, 2.24) is 0 Å². The van der Waals surface area contributed by atoms with Gasteiger partial charge in [0.15, 0.2) is 0 Å². The number of halogens is 2. The van der Waals surface area contributed by atoms with Crippen molar-refractivity contribution < 1.29 is 24.5 Å². The summed E-state index contributed by atoms with van der Waals surface area (Å²) < 4.78 is 19.2. The van der Waals surface area contributed by atoms with Crippen molar-refractivity contribution in [2.75, 3.05) is 0 Å². The summed E-state index contributed by atoms with van der Waals surface area (Å²) in [4.78, 5) is 0. The van der Waals surface area contributed by atoms with Crippen molar-refractivity contribution in [3.8, 4) is 5.75 Å². The summed E-state index contributed by atoms with van der Waals surface area (Å²) in [6, 6.07) is 5.54. The molecule has 5 heteroatoms. The first kappa shape index (κ1) is 15.2. The molecule has 17 heavy (non-hydrogen) atoms. The molecule has 0 unspecified atom stereocenters. The van der Waals surface area contributed by atoms with Crippen LogP contribution < -0.4 is 3.32 Å². The first-order chi connectivity index (χ1) is 7.70. The Hall–Kier alpha value is 0.171. The van der Waals surface area contributed by atoms with Crippen molar-refractivity contribution in [1.29, 1.82) is 0 Å². The second-order valence-corrected chi connectivity index (χ2v) is 16.8. The molecule has 0 heterocycles. The summed E-state index contributed by atoms with van der Waals surface area (Å²) >= 11 is 3.26. The number of benzene rings is 1. The fraction of sp³-hybridized carbons (Fsp3) is 0.500. The van der Waals surface area contributed by atoms with E-state index in [4.69, 9.17) is 14.9 Å². The van der Waals surface area contributed by atoms with E-state index in [1.54, 1.807) is 6.07 Å². The number of rotatable bonds is 3. The maximum atomic E-state index is 13.7. The van der Waals surface area contributed by atoms with Crippen LogP contribution in [0.1, 0.15) is 26.3 Å². The predicted molar refractivity (Wildman–Crippen MR) is 70.8 cm³/mol. The third-order valence-electron chi connectivity index (χ3n) is 2.41. The van der Waals surface area contributed by atoms with Gasteiger partial charge in [-0.2, -0.15) is 0 Å². The molecule has 0 aliphatic carbocycles. The molecular weight excluding hydrogens is 291 g/mol. The van der Waals surface area contributed by atoms with Gasteiger partial charge in [0.2, 0.25) is 0 Å². The van der Waals surface area contributed by atoms with Crippen LogP contribution in [0.4, 0.5) is 3.09 Å². The van der Waals surface area contributed by atoms with E-state index in [2.05, 4.69) is 20.8 Å². The van der Waals surface area contributed by atoms with Gasteiger partial charge in [-0.3, -0.25) is 0 Å². The standard InChI is InChI=1S/C10H13ClO.C2H7Si.FH.Ti/c1-10(2,3)7-4-8(11)6-9(12)5-7;1-3-2;;/h4-6,12H,1-3H3;3H,1-2H3;1H;/q;;;+2/p-2. The molecule has 1 nitrogen and oxygen atoms in total. The second-order valence-electron chi connectivity index (χ2n) is 5.49. The van der Waals surface area contributed by atoms with Gasteiger partial charge in [-0.25, -0.2) is 0 Å². The van der Waals surface area contributed by atoms with Crippen LogP contribution in [0, 0.1) is 0 Å². The zero-order valence-corrected chi connectivity index (χ0v) is 14.4. The van der Waals surface area contributed by atoms with Crippen molar-refractivity contribution in [3.63, 3.8) is 0 Å². The average molecular weight is 310 g/mol. The van der Waals surface area contributed by atoms with Crippen molar-refractivity contribution in [2.45, 2.75) is 39.3 Å². The second kappa shape index (κ2) is 5.87. The van der Waals surface area contributed by atoms with Crippen molar-refractivity contribution in [2.24, 2.45) is 0 Å². The van der Waals surface area contributed by atoms with Crippen LogP contribution in [-0.4, -0.2) is 6.66 Å². The molecule has 0 aliphatic heterocycles. The summed E-state index contributed by atoms with van der Waals surface area (Å²) in [6.07, 6.45) is 0. The Labute approximate surface area is 116 Å². The molecule has 0 saturated heterocycles. The maximum absolute atomic E-state index is 13.7. The first-order valence-electron chi connectivity index (χ1n) is 5.71. The van der Waals surface area contributed by atoms with Crippen LogP contribution in [-0.2, 0) is 23.5 Å². The van der Waals surface area contributed by atoms with E-state index >= 15 is 0 Å². The van der Waals surface area contributed by atoms with Gasteiger partial charge in [0.1, 0.15) is 0 Å². The molecule has 0 aromatic heterocycles. The van der Waals surface area contributed by atoms with Gasteiger partial charge in [-0.15, -0.1) is 0 Å². The minimum absolute atomic E-state index is 0.00521. The van der Waals surface area contributed by atoms with E-state index in [-0.39, 0.29) is 5.41 Å². The van der Waals surface area contributed by atoms with Crippen molar-refractivity contribution >= 4 is 18.3 Å². The monoisotopic (exact) mass is 309 g/mol. The molecule has 0 amide bonds. The molecule has 0 spiro atoms. The fourth-order valence-corrected chi connectivity index (χ4v) is 3.95. The average Bonchev–Trinajstić information content (AvgIpc) is 2.15. The van der Waals surface area contributed by atoms with E-state index in [9.17, 15) is 3.09 Å². The van der Waals surface area contributed by atoms with Gasteiger partial charge in [-0.05, 0) is 0 Å². The molecule has 0 fully saturated rings. The van der Waals surface area contributed by atoms with Crippen LogP contribution in [0.25, 0.3) is 0 Å². The van der Waals surface area contributed by atoms with Gasteiger partial charge >= 0.3 is 117 Å². The Bertz CT molecular complexity index is 393. The quantitative estimate of drug-likeness (QED) is 0.751. The Morgan fingerprint density at radius 1 is 1.24 bits per heavy atom. The molecule has 95 valence electrons. The SMILES string of the molecule is C[SiH](C)[Ti]([F])[O]c1cc(Cl)cc(C(C)(C)C)c1. The Morgan fingerprint density at radius 2 is 1.82 bits per heavy atom. The molecule has 0 atom stereocenters. The van der Waals surface area contributed by atoms with Gasteiger partial charge in [-0.1, -0.05) is 0 Å². The van der Waals surface area contributed by atoms with Crippen LogP contribution in [0.2, 0.25) is 18.1 Å². The summed E-state index contributed by atoms with van der Waals surface area (Å²) in [5.41, 5.74) is 1.07. The summed E-state index contributed by atoms with van der Waals surface area (Å²) in [5.74, 6) is 0.598. The van der Waals surface area contributed by atoms with Gasteiger partial charge in [0, 0.05) is 0 Å². The van der Waals surface area contributed by atoms with Crippen LogP contribution in [0.3, 0.4) is 0 Å². The van der Waals surface area contributed by atoms with E-state index in [1.807, 2.05) is 25.2 Å². The Balaban J connectivity index is 2.98. The van der Waals surface area contributed by atoms with Gasteiger partial charge in [0.05, 0.1) is 0 Å². The predicted octanol–water partition coefficient (Wildman–Crippen LogP) is 4.42. The molecule has 0 bridgehead atoms. The third-order valence-corrected chi connectivity index (χ3v) is 8.94. The van der Waals surface area contributed by atoms with E-state index in [1.165, 1.54) is 0 Å². The fourth-order valence-electron chi connectivity index (χ4n) is 1.29. The van der Waals surface area contributed by atoms with E-state index in [0.29, 0.717) is 10.8 Å². The molecule has 0 saturated carbocycles. The van der Waals surface area contributed by atoms with E-state index in [0.717, 1.165) is 5.56 Å². The zero-order chi connectivity index (χ0) is 13.2. The molecule has 0 N–H and O–H groups in total. The summed E-state index contributed by atoms with van der Waals surface area (Å²) in [5, 5.41) is 0.615. The molecular formula is C12H19ClFOSiTi. The van der Waals surface area contributed by atoms with Gasteiger partial charge in [0.25, 0.3) is 0 Å². The molecule has 0 radical (unpaired) electrons. The van der Waals surface area contributed by atoms with Crippen LogP contribution in [0.15, 0.2) is 18.2 Å². The zero-order valence-electron chi connectivity index (χ0n) is 11.0. The Morgan fingerprint density at radius 3 is 2.29 bits per heavy atom. The Kier molecular flexibility index (Phi) is 5.26. The van der Waals surface area contributed by atoms with Crippen molar-refractivity contribution in [3.05, 3.63) is 28.8 Å². The summed E-state index contributed by atoms with van der Waals surface area (Å²) in [7, 11) is 0. The minimum atomic E-state index is -2.79. The third kappa shape index (κ3) is 4.74. The number of hydrogen-bond donors (Lipinski definition) is 0. The number of hydrogen-bond acceptors (Lipinski definition) is 1. The van der Waals surface area contributed by atoms with Gasteiger partial charge < -0.3 is 0 Å². The molecule has 1 aromatic carbocycles. The molecule has 1 rings (SSSR count). The van der Waals surface area contributed by atoms with Crippen LogP contribution in [0.5, 0.6) is 5.75 Å². The van der Waals surface area contributed by atoms with Crippen LogP contribution >= 0.6 is 11.6 Å². The first-order valence-corrected chi connectivity index (χ1v) is 12.9.